The second-order valence-electron chi connectivity index (χ2n) is 5.08. The molecule has 1 aromatic rings. The zero-order valence-electron chi connectivity index (χ0n) is 11.3. The van der Waals surface area contributed by atoms with E-state index in [1.807, 2.05) is 6.20 Å². The Balaban J connectivity index is 2.20. The molecule has 1 aliphatic rings. The fraction of sp³-hybridized carbons (Fsp3) is 0.643. The summed E-state index contributed by atoms with van der Waals surface area (Å²) >= 11 is 3.63. The molecule has 100 valence electrons. The summed E-state index contributed by atoms with van der Waals surface area (Å²) in [5, 5.41) is 0. The molecule has 3 nitrogen and oxygen atoms in total. The van der Waals surface area contributed by atoms with Gasteiger partial charge in [0.2, 0.25) is 0 Å². The molecule has 1 saturated carbocycles. The first-order valence-electron chi connectivity index (χ1n) is 6.51. The van der Waals surface area contributed by atoms with Crippen LogP contribution in [0.4, 0.5) is 5.82 Å². The van der Waals surface area contributed by atoms with Crippen LogP contribution in [-0.4, -0.2) is 31.3 Å². The van der Waals surface area contributed by atoms with E-state index in [0.717, 1.165) is 29.4 Å². The summed E-state index contributed by atoms with van der Waals surface area (Å²) in [6.45, 7) is 5.98. The molecule has 0 saturated heterocycles. The lowest BCUT2D eigenvalue weighted by Crippen LogP contribution is -2.38. The highest BCUT2D eigenvalue weighted by Crippen LogP contribution is 2.38. The Kier molecular flexibility index (Phi) is 4.62. The van der Waals surface area contributed by atoms with Crippen molar-refractivity contribution in [1.82, 2.24) is 4.98 Å². The van der Waals surface area contributed by atoms with Crippen LogP contribution in [0.15, 0.2) is 16.7 Å². The molecule has 0 spiro atoms. The van der Waals surface area contributed by atoms with Gasteiger partial charge in [-0.05, 0) is 60.2 Å². The van der Waals surface area contributed by atoms with Gasteiger partial charge in [0.05, 0.1) is 11.1 Å². The van der Waals surface area contributed by atoms with E-state index in [1.165, 1.54) is 18.4 Å². The third kappa shape index (κ3) is 3.23. The fourth-order valence-electron chi connectivity index (χ4n) is 2.26. The number of anilines is 1. The molecule has 2 rings (SSSR count). The molecule has 1 heterocycles. The second-order valence-corrected chi connectivity index (χ2v) is 5.94. The van der Waals surface area contributed by atoms with E-state index in [1.54, 1.807) is 7.11 Å². The molecule has 0 bridgehead atoms. The molecule has 0 aromatic carbocycles. The Morgan fingerprint density at radius 1 is 1.56 bits per heavy atom. The van der Waals surface area contributed by atoms with Crippen LogP contribution in [0.2, 0.25) is 0 Å². The van der Waals surface area contributed by atoms with Crippen LogP contribution in [0, 0.1) is 12.8 Å². The Hall–Kier alpha value is -0.610. The van der Waals surface area contributed by atoms with Crippen LogP contribution in [0.3, 0.4) is 0 Å². The highest BCUT2D eigenvalue weighted by Gasteiger charge is 2.33. The van der Waals surface area contributed by atoms with Crippen LogP contribution >= 0.6 is 15.9 Å². The summed E-state index contributed by atoms with van der Waals surface area (Å²) in [6.07, 6.45) is 4.61. The first-order chi connectivity index (χ1) is 8.63. The molecule has 0 aliphatic heterocycles. The summed E-state index contributed by atoms with van der Waals surface area (Å²) in [5.74, 6) is 1.86. The summed E-state index contributed by atoms with van der Waals surface area (Å²) in [4.78, 5) is 6.95. The van der Waals surface area contributed by atoms with Gasteiger partial charge in [-0.15, -0.1) is 0 Å². The number of aryl methyl sites for hydroxylation is 1. The SMILES string of the molecule is COCCN(c1ncc(C)cc1Br)C(C)C1CC1. The van der Waals surface area contributed by atoms with E-state index in [9.17, 15) is 0 Å². The molecule has 18 heavy (non-hydrogen) atoms. The van der Waals surface area contributed by atoms with E-state index >= 15 is 0 Å². The summed E-state index contributed by atoms with van der Waals surface area (Å²) in [6, 6.07) is 2.66. The molecule has 0 amide bonds. The van der Waals surface area contributed by atoms with Gasteiger partial charge in [-0.2, -0.15) is 0 Å². The molecule has 0 radical (unpaired) electrons. The largest absolute Gasteiger partial charge is 0.383 e. The zero-order valence-corrected chi connectivity index (χ0v) is 12.9. The standard InChI is InChI=1S/C14H21BrN2O/c1-10-8-13(15)14(16-9-10)17(6-7-18-3)11(2)12-4-5-12/h8-9,11-12H,4-7H2,1-3H3. The molecule has 1 aliphatic carbocycles. The summed E-state index contributed by atoms with van der Waals surface area (Å²) in [5.41, 5.74) is 1.18. The van der Waals surface area contributed by atoms with Gasteiger partial charge in [0, 0.05) is 25.9 Å². The minimum Gasteiger partial charge on any atom is -0.383 e. The lowest BCUT2D eigenvalue weighted by Gasteiger charge is -2.31. The van der Waals surface area contributed by atoms with Crippen molar-refractivity contribution in [3.05, 3.63) is 22.3 Å². The van der Waals surface area contributed by atoms with Gasteiger partial charge >= 0.3 is 0 Å². The molecule has 0 N–H and O–H groups in total. The summed E-state index contributed by atoms with van der Waals surface area (Å²) < 4.78 is 6.30. The van der Waals surface area contributed by atoms with Crippen molar-refractivity contribution >= 4 is 21.7 Å². The van der Waals surface area contributed by atoms with Crippen LogP contribution in [0.1, 0.15) is 25.3 Å². The number of ether oxygens (including phenoxy) is 1. The Morgan fingerprint density at radius 3 is 2.83 bits per heavy atom. The molecular formula is C14H21BrN2O. The average Bonchev–Trinajstić information content (AvgIpc) is 3.15. The number of nitrogens with zero attached hydrogens (tertiary/aromatic N) is 2. The van der Waals surface area contributed by atoms with E-state index in [-0.39, 0.29) is 0 Å². The number of pyridine rings is 1. The monoisotopic (exact) mass is 312 g/mol. The van der Waals surface area contributed by atoms with Gasteiger partial charge in [-0.3, -0.25) is 0 Å². The minimum absolute atomic E-state index is 0.534. The predicted octanol–water partition coefficient (Wildman–Crippen LogP) is 3.40. The normalized spacial score (nSPS) is 16.7. The van der Waals surface area contributed by atoms with E-state index in [2.05, 4.69) is 45.7 Å². The minimum atomic E-state index is 0.534. The number of hydrogen-bond acceptors (Lipinski definition) is 3. The molecule has 4 heteroatoms. The topological polar surface area (TPSA) is 25.4 Å². The van der Waals surface area contributed by atoms with Crippen molar-refractivity contribution in [3.8, 4) is 0 Å². The second kappa shape index (κ2) is 6.02. The molecule has 1 atom stereocenters. The van der Waals surface area contributed by atoms with Crippen molar-refractivity contribution in [3.63, 3.8) is 0 Å². The highest BCUT2D eigenvalue weighted by atomic mass is 79.9. The van der Waals surface area contributed by atoms with E-state index < -0.39 is 0 Å². The van der Waals surface area contributed by atoms with Crippen LogP contribution in [0.25, 0.3) is 0 Å². The van der Waals surface area contributed by atoms with Gasteiger partial charge in [0.1, 0.15) is 5.82 Å². The number of halogens is 1. The number of methoxy groups -OCH3 is 1. The number of rotatable bonds is 6. The maximum atomic E-state index is 5.22. The van der Waals surface area contributed by atoms with Gasteiger partial charge in [0.15, 0.2) is 0 Å². The first-order valence-corrected chi connectivity index (χ1v) is 7.30. The lowest BCUT2D eigenvalue weighted by molar-refractivity contribution is 0.202. The van der Waals surface area contributed by atoms with E-state index in [0.29, 0.717) is 6.04 Å². The third-order valence-electron chi connectivity index (χ3n) is 3.56. The van der Waals surface area contributed by atoms with Gasteiger partial charge < -0.3 is 9.64 Å². The Bertz CT molecular complexity index is 407. The first kappa shape index (κ1) is 13.8. The predicted molar refractivity (Wildman–Crippen MR) is 78.1 cm³/mol. The van der Waals surface area contributed by atoms with Gasteiger partial charge in [-0.1, -0.05) is 0 Å². The molecule has 1 aromatic heterocycles. The van der Waals surface area contributed by atoms with Crippen molar-refractivity contribution in [2.45, 2.75) is 32.7 Å². The Morgan fingerprint density at radius 2 is 2.28 bits per heavy atom. The maximum Gasteiger partial charge on any atom is 0.143 e. The maximum absolute atomic E-state index is 5.22. The van der Waals surface area contributed by atoms with Gasteiger partial charge in [0.25, 0.3) is 0 Å². The average molecular weight is 313 g/mol. The smallest absolute Gasteiger partial charge is 0.143 e. The van der Waals surface area contributed by atoms with Crippen LogP contribution in [-0.2, 0) is 4.74 Å². The Labute approximate surface area is 118 Å². The van der Waals surface area contributed by atoms with E-state index in [4.69, 9.17) is 4.74 Å². The van der Waals surface area contributed by atoms with Crippen molar-refractivity contribution in [1.29, 1.82) is 0 Å². The lowest BCUT2D eigenvalue weighted by atomic mass is 10.1. The quantitative estimate of drug-likeness (QED) is 0.805. The van der Waals surface area contributed by atoms with Crippen LogP contribution < -0.4 is 4.90 Å². The number of aromatic nitrogens is 1. The molecule has 1 unspecified atom stereocenters. The molecule has 1 fully saturated rings. The van der Waals surface area contributed by atoms with Crippen molar-refractivity contribution in [2.75, 3.05) is 25.2 Å². The van der Waals surface area contributed by atoms with Crippen molar-refractivity contribution < 1.29 is 4.74 Å². The fourth-order valence-corrected chi connectivity index (χ4v) is 2.95. The van der Waals surface area contributed by atoms with Gasteiger partial charge in [-0.25, -0.2) is 4.98 Å². The third-order valence-corrected chi connectivity index (χ3v) is 4.15. The number of hydrogen-bond donors (Lipinski definition) is 0. The van der Waals surface area contributed by atoms with Crippen molar-refractivity contribution in [2.24, 2.45) is 5.92 Å². The summed E-state index contributed by atoms with van der Waals surface area (Å²) in [7, 11) is 1.75. The molecular weight excluding hydrogens is 292 g/mol. The zero-order chi connectivity index (χ0) is 13.1. The highest BCUT2D eigenvalue weighted by molar-refractivity contribution is 9.10. The van der Waals surface area contributed by atoms with Crippen LogP contribution in [0.5, 0.6) is 0 Å².